The van der Waals surface area contributed by atoms with E-state index in [1.807, 2.05) is 24.3 Å². The van der Waals surface area contributed by atoms with E-state index < -0.39 is 0 Å². The van der Waals surface area contributed by atoms with Crippen molar-refractivity contribution < 1.29 is 37.5 Å². The molecular formula is C29H38Cl2O3SiZr-4. The van der Waals surface area contributed by atoms with Crippen LogP contribution in [-0.2, 0) is 23.3 Å². The summed E-state index contributed by atoms with van der Waals surface area (Å²) in [5.74, 6) is 2.75. The minimum atomic E-state index is 0. The van der Waals surface area contributed by atoms with Gasteiger partial charge < -0.3 is 29.1 Å². The first-order valence-electron chi connectivity index (χ1n) is 10.4. The van der Waals surface area contributed by atoms with Crippen LogP contribution in [0.2, 0.25) is 0 Å². The Bertz CT molecular complexity index is 1110. The van der Waals surface area contributed by atoms with E-state index in [4.69, 9.17) is 14.2 Å². The molecule has 1 aliphatic carbocycles. The second-order valence-electron chi connectivity index (χ2n) is 7.54. The molecule has 0 saturated heterocycles. The third kappa shape index (κ3) is 8.87. The number of hydrogen-bond acceptors (Lipinski definition) is 3. The molecule has 1 atom stereocenters. The Morgan fingerprint density at radius 1 is 0.889 bits per heavy atom. The van der Waals surface area contributed by atoms with Crippen molar-refractivity contribution in [2.45, 2.75) is 27.7 Å². The molecule has 0 amide bonds. The maximum absolute atomic E-state index is 5.54. The molecule has 3 nitrogen and oxygen atoms in total. The zero-order chi connectivity index (χ0) is 23.8. The standard InChI is InChI=1S/C18H17O3.C9H13.2CH3.2ClH.Si.Zr/c1-19-13-10-16(20-2)18(17(11-13)21-3)15-9-8-12-6-4-5-7-14(12)15;1-6-5-7(2)9(4)8(6)3;;;;;;/h4-11H,1-3H3;6H,1-4H3;2*1H3;2*1H;;/q4*-1;;;;. The van der Waals surface area contributed by atoms with E-state index in [0.29, 0.717) is 11.7 Å². The monoisotopic (exact) mass is 622 g/mol. The van der Waals surface area contributed by atoms with Gasteiger partial charge in [0.15, 0.2) is 0 Å². The van der Waals surface area contributed by atoms with Crippen molar-refractivity contribution in [2.75, 3.05) is 21.3 Å². The number of allylic oxidation sites excluding steroid dienone is 4. The van der Waals surface area contributed by atoms with E-state index in [1.54, 1.807) is 21.3 Å². The third-order valence-electron chi connectivity index (χ3n) is 5.90. The van der Waals surface area contributed by atoms with Gasteiger partial charge in [-0.2, -0.15) is 11.1 Å². The average Bonchev–Trinajstić information content (AvgIpc) is 3.36. The summed E-state index contributed by atoms with van der Waals surface area (Å²) in [5.41, 5.74) is 6.29. The zero-order valence-corrected chi connectivity index (χ0v) is 27.8. The molecule has 0 N–H and O–H groups in total. The molecule has 0 fully saturated rings. The van der Waals surface area contributed by atoms with Crippen molar-refractivity contribution in [1.29, 1.82) is 0 Å². The number of hydrogen-bond donors (Lipinski definition) is 0. The summed E-state index contributed by atoms with van der Waals surface area (Å²) < 4.78 is 16.4. The molecule has 0 bridgehead atoms. The normalized spacial score (nSPS) is 13.1. The molecule has 0 aromatic heterocycles. The number of benzene rings is 2. The van der Waals surface area contributed by atoms with Crippen molar-refractivity contribution >= 4 is 42.5 Å². The zero-order valence-electron chi connectivity index (χ0n) is 22.7. The summed E-state index contributed by atoms with van der Waals surface area (Å²) in [5, 5.41) is 2.38. The molecule has 1 unspecified atom stereocenters. The van der Waals surface area contributed by atoms with Gasteiger partial charge in [0.1, 0.15) is 17.2 Å². The number of ether oxygens (including phenoxy) is 3. The Morgan fingerprint density at radius 3 is 1.81 bits per heavy atom. The van der Waals surface area contributed by atoms with Gasteiger partial charge >= 0.3 is 30.2 Å². The van der Waals surface area contributed by atoms with E-state index in [9.17, 15) is 0 Å². The molecule has 0 heterocycles. The number of methoxy groups -OCH3 is 3. The van der Waals surface area contributed by atoms with E-state index in [2.05, 4.69) is 64.9 Å². The molecule has 36 heavy (non-hydrogen) atoms. The Kier molecular flexibility index (Phi) is 20.4. The van der Waals surface area contributed by atoms with Crippen LogP contribution in [-0.4, -0.2) is 28.2 Å². The average molecular weight is 625 g/mol. The fourth-order valence-electron chi connectivity index (χ4n) is 3.80. The van der Waals surface area contributed by atoms with Gasteiger partial charge in [-0.3, -0.25) is 6.08 Å². The Hall–Kier alpha value is -1.39. The number of fused-ring (bicyclic) bond motifs is 1. The summed E-state index contributed by atoms with van der Waals surface area (Å²) in [6, 6.07) is 16.2. The molecular weight excluding hydrogens is 587 g/mol. The first-order valence-corrected chi connectivity index (χ1v) is 14.6. The van der Waals surface area contributed by atoms with E-state index in [0.717, 1.165) is 22.6 Å². The van der Waals surface area contributed by atoms with Crippen LogP contribution in [0.1, 0.15) is 27.7 Å². The van der Waals surface area contributed by atoms with Crippen LogP contribution in [0.3, 0.4) is 0 Å². The summed E-state index contributed by atoms with van der Waals surface area (Å²) in [6.07, 6.45) is 3.36. The van der Waals surface area contributed by atoms with E-state index in [1.165, 1.54) is 50.8 Å². The summed E-state index contributed by atoms with van der Waals surface area (Å²) in [6.45, 7) is 11.7. The predicted octanol–water partition coefficient (Wildman–Crippen LogP) is 8.33. The van der Waals surface area contributed by atoms with Crippen LogP contribution >= 0.6 is 24.8 Å². The fourth-order valence-corrected chi connectivity index (χ4v) is 3.80. The van der Waals surface area contributed by atoms with Crippen LogP contribution in [0.4, 0.5) is 0 Å². The second-order valence-corrected chi connectivity index (χ2v) is 7.54. The molecule has 3 aromatic rings. The molecule has 0 saturated carbocycles. The van der Waals surface area contributed by atoms with Crippen LogP contribution in [0.5, 0.6) is 17.2 Å². The first-order chi connectivity index (χ1) is 15.4. The molecule has 3 aromatic carbocycles. The molecule has 0 spiro atoms. The predicted molar refractivity (Wildman–Crippen MR) is 158 cm³/mol. The number of rotatable bonds is 4. The molecule has 2 radical (unpaired) electrons. The third-order valence-corrected chi connectivity index (χ3v) is 5.90. The van der Waals surface area contributed by atoms with E-state index in [-0.39, 0.29) is 39.7 Å². The van der Waals surface area contributed by atoms with Gasteiger partial charge in [-0.15, -0.1) is 78.4 Å². The topological polar surface area (TPSA) is 27.7 Å². The second kappa shape index (κ2) is 18.8. The quantitative estimate of drug-likeness (QED) is 0.216. The van der Waals surface area contributed by atoms with Gasteiger partial charge in [0, 0.05) is 17.7 Å². The van der Waals surface area contributed by atoms with Crippen molar-refractivity contribution in [2.24, 2.45) is 5.92 Å². The van der Waals surface area contributed by atoms with Gasteiger partial charge in [-0.25, -0.2) is 5.57 Å². The van der Waals surface area contributed by atoms with Gasteiger partial charge in [0.05, 0.1) is 21.3 Å². The van der Waals surface area contributed by atoms with Gasteiger partial charge in [-0.1, -0.05) is 32.8 Å². The molecule has 7 heteroatoms. The van der Waals surface area contributed by atoms with Crippen molar-refractivity contribution in [3.05, 3.63) is 86.2 Å². The molecule has 1 aliphatic rings. The van der Waals surface area contributed by atoms with E-state index >= 15 is 0 Å². The van der Waals surface area contributed by atoms with Gasteiger partial charge in [0.25, 0.3) is 0 Å². The first kappa shape index (κ1) is 39.1. The van der Waals surface area contributed by atoms with Gasteiger partial charge in [-0.05, 0) is 0 Å². The Balaban J connectivity index is -0.000000626. The minimum absolute atomic E-state index is 0. The van der Waals surface area contributed by atoms with Crippen LogP contribution in [0, 0.1) is 26.8 Å². The summed E-state index contributed by atoms with van der Waals surface area (Å²) in [7, 11) is 4.94. The Morgan fingerprint density at radius 2 is 1.42 bits per heavy atom. The van der Waals surface area contributed by atoms with Crippen LogP contribution < -0.4 is 14.2 Å². The molecule has 198 valence electrons. The van der Waals surface area contributed by atoms with Crippen molar-refractivity contribution in [3.63, 3.8) is 0 Å². The number of halogens is 2. The summed E-state index contributed by atoms with van der Waals surface area (Å²) >= 11 is 1.36. The van der Waals surface area contributed by atoms with Crippen molar-refractivity contribution in [1.82, 2.24) is 0 Å². The summed E-state index contributed by atoms with van der Waals surface area (Å²) in [4.78, 5) is 0. The Labute approximate surface area is 248 Å². The fraction of sp³-hybridized carbons (Fsp3) is 0.276. The maximum atomic E-state index is 5.54. The molecule has 4 rings (SSSR count). The van der Waals surface area contributed by atoms with Crippen LogP contribution in [0.15, 0.2) is 65.3 Å². The van der Waals surface area contributed by atoms with Crippen LogP contribution in [0.25, 0.3) is 21.9 Å². The van der Waals surface area contributed by atoms with Gasteiger partial charge in [0.2, 0.25) is 0 Å². The SMILES string of the molecule is CC1=[C-]C(C)C(C)=C1C.COc1cc(OC)c(-c2c[cH-]c3ccccc23)c(OC)c1.Cl.Cl.[CH3-].[CH3-].[Si]=[Zr]. The van der Waals surface area contributed by atoms with Crippen molar-refractivity contribution in [3.8, 4) is 28.4 Å². The molecule has 0 aliphatic heterocycles.